The molecule has 6 heteroatoms. The molecule has 0 aromatic heterocycles. The molecule has 76 valence electrons. The lowest BCUT2D eigenvalue weighted by atomic mass is 9.80. The predicted molar refractivity (Wildman–Crippen MR) is 35.9 cm³/mol. The van der Waals surface area contributed by atoms with Crippen LogP contribution in [0.5, 0.6) is 0 Å². The summed E-state index contributed by atoms with van der Waals surface area (Å²) in [6.45, 7) is 0. The first-order chi connectivity index (χ1) is 5.87. The molecule has 0 aromatic rings. The first kappa shape index (κ1) is 10.3. The van der Waals surface area contributed by atoms with Crippen molar-refractivity contribution in [2.45, 2.75) is 31.7 Å². The quantitative estimate of drug-likeness (QED) is 0.751. The van der Waals surface area contributed by atoms with E-state index in [-0.39, 0.29) is 25.2 Å². The normalized spacial score (nSPS) is 28.2. The average molecular weight is 198 g/mol. The number of aliphatic carboxylic acids is 1. The van der Waals surface area contributed by atoms with Crippen molar-refractivity contribution in [3.63, 3.8) is 0 Å². The first-order valence-corrected chi connectivity index (χ1v) is 3.83. The van der Waals surface area contributed by atoms with Crippen molar-refractivity contribution in [3.05, 3.63) is 0 Å². The van der Waals surface area contributed by atoms with Crippen molar-refractivity contribution >= 4 is 5.97 Å². The van der Waals surface area contributed by atoms with Gasteiger partial charge in [-0.05, 0) is 18.8 Å². The molecule has 1 fully saturated rings. The second kappa shape index (κ2) is 3.53. The summed E-state index contributed by atoms with van der Waals surface area (Å²) in [5.74, 6) is -1.14. The fourth-order valence-corrected chi connectivity index (χ4v) is 1.37. The van der Waals surface area contributed by atoms with Gasteiger partial charge in [-0.1, -0.05) is 0 Å². The number of alkyl halides is 3. The summed E-state index contributed by atoms with van der Waals surface area (Å²) >= 11 is 0. The number of carboxylic acid groups (broad SMARTS) is 1. The van der Waals surface area contributed by atoms with Gasteiger partial charge in [-0.15, -0.1) is 13.2 Å². The van der Waals surface area contributed by atoms with Crippen molar-refractivity contribution in [2.75, 3.05) is 0 Å². The lowest BCUT2D eigenvalue weighted by Crippen LogP contribution is -2.36. The van der Waals surface area contributed by atoms with Crippen LogP contribution < -0.4 is 0 Å². The number of rotatable bonds is 3. The summed E-state index contributed by atoms with van der Waals surface area (Å²) < 4.78 is 38.4. The van der Waals surface area contributed by atoms with Crippen LogP contribution in [0.2, 0.25) is 0 Å². The topological polar surface area (TPSA) is 46.5 Å². The number of carboxylic acids is 1. The fraction of sp³-hybridized carbons (Fsp3) is 0.857. The van der Waals surface area contributed by atoms with Crippen LogP contribution in [0, 0.1) is 5.92 Å². The molecule has 0 radical (unpaired) electrons. The lowest BCUT2D eigenvalue weighted by molar-refractivity contribution is -0.354. The molecular formula is C7H9F3O3. The van der Waals surface area contributed by atoms with Gasteiger partial charge in [0.2, 0.25) is 0 Å². The Hall–Kier alpha value is -0.780. The maximum Gasteiger partial charge on any atom is 0.522 e. The smallest absolute Gasteiger partial charge is 0.481 e. The van der Waals surface area contributed by atoms with Crippen molar-refractivity contribution in [1.29, 1.82) is 0 Å². The summed E-state index contributed by atoms with van der Waals surface area (Å²) in [4.78, 5) is 10.1. The van der Waals surface area contributed by atoms with E-state index in [0.29, 0.717) is 0 Å². The summed E-state index contributed by atoms with van der Waals surface area (Å²) in [5.41, 5.74) is 0. The summed E-state index contributed by atoms with van der Waals surface area (Å²) in [5, 5.41) is 8.30. The molecule has 0 amide bonds. The van der Waals surface area contributed by atoms with Gasteiger partial charge >= 0.3 is 12.3 Å². The Kier molecular flexibility index (Phi) is 2.80. The molecule has 1 rings (SSSR count). The van der Waals surface area contributed by atoms with Gasteiger partial charge in [0.05, 0.1) is 6.10 Å². The van der Waals surface area contributed by atoms with Crippen LogP contribution in [-0.4, -0.2) is 23.5 Å². The largest absolute Gasteiger partial charge is 0.522 e. The Bertz CT molecular complexity index is 196. The highest BCUT2D eigenvalue weighted by atomic mass is 19.4. The molecule has 0 unspecified atom stereocenters. The van der Waals surface area contributed by atoms with E-state index in [4.69, 9.17) is 5.11 Å². The minimum absolute atomic E-state index is 0.0717. The van der Waals surface area contributed by atoms with E-state index >= 15 is 0 Å². The molecule has 13 heavy (non-hydrogen) atoms. The van der Waals surface area contributed by atoms with Gasteiger partial charge in [0.1, 0.15) is 0 Å². The van der Waals surface area contributed by atoms with E-state index in [1.54, 1.807) is 0 Å². The second-order valence-corrected chi connectivity index (χ2v) is 3.12. The molecule has 0 aliphatic heterocycles. The Labute approximate surface area is 72.5 Å². The van der Waals surface area contributed by atoms with E-state index in [2.05, 4.69) is 4.74 Å². The summed E-state index contributed by atoms with van der Waals surface area (Å²) in [6, 6.07) is 0. The third-order valence-electron chi connectivity index (χ3n) is 1.96. The van der Waals surface area contributed by atoms with Gasteiger partial charge in [-0.25, -0.2) is 0 Å². The Morgan fingerprint density at radius 3 is 2.38 bits per heavy atom. The SMILES string of the molecule is O=C(O)C[C@H]1C[C@@H](OC(F)(F)F)C1. The molecule has 1 N–H and O–H groups in total. The van der Waals surface area contributed by atoms with Crippen molar-refractivity contribution < 1.29 is 27.8 Å². The van der Waals surface area contributed by atoms with E-state index in [1.807, 2.05) is 0 Å². The van der Waals surface area contributed by atoms with Crippen LogP contribution >= 0.6 is 0 Å². The van der Waals surface area contributed by atoms with Crippen LogP contribution in [0.1, 0.15) is 19.3 Å². The first-order valence-electron chi connectivity index (χ1n) is 3.83. The van der Waals surface area contributed by atoms with E-state index in [1.165, 1.54) is 0 Å². The van der Waals surface area contributed by atoms with Gasteiger partial charge in [0, 0.05) is 6.42 Å². The monoisotopic (exact) mass is 198 g/mol. The van der Waals surface area contributed by atoms with Crippen molar-refractivity contribution in [2.24, 2.45) is 5.92 Å². The zero-order valence-corrected chi connectivity index (χ0v) is 6.67. The van der Waals surface area contributed by atoms with E-state index in [0.717, 1.165) is 0 Å². The Morgan fingerprint density at radius 1 is 1.46 bits per heavy atom. The zero-order chi connectivity index (χ0) is 10.1. The second-order valence-electron chi connectivity index (χ2n) is 3.12. The Morgan fingerprint density at radius 2 is 2.00 bits per heavy atom. The Balaban J connectivity index is 2.15. The van der Waals surface area contributed by atoms with Crippen molar-refractivity contribution in [1.82, 2.24) is 0 Å². The zero-order valence-electron chi connectivity index (χ0n) is 6.67. The fourth-order valence-electron chi connectivity index (χ4n) is 1.37. The molecule has 0 bridgehead atoms. The van der Waals surface area contributed by atoms with E-state index in [9.17, 15) is 18.0 Å². The van der Waals surface area contributed by atoms with Gasteiger partial charge in [-0.2, -0.15) is 0 Å². The molecule has 0 heterocycles. The highest BCUT2D eigenvalue weighted by molar-refractivity contribution is 5.67. The standard InChI is InChI=1S/C7H9F3O3/c8-7(9,10)13-5-1-4(2-5)3-6(11)12/h4-5H,1-3H2,(H,11,12)/t4-,5+. The average Bonchev–Trinajstić information content (AvgIpc) is 1.78. The van der Waals surface area contributed by atoms with E-state index < -0.39 is 18.4 Å². The number of hydrogen-bond acceptors (Lipinski definition) is 2. The highest BCUT2D eigenvalue weighted by Crippen LogP contribution is 2.36. The van der Waals surface area contributed by atoms with Crippen LogP contribution in [0.15, 0.2) is 0 Å². The van der Waals surface area contributed by atoms with Crippen molar-refractivity contribution in [3.8, 4) is 0 Å². The molecule has 1 aliphatic carbocycles. The molecule has 1 saturated carbocycles. The number of hydrogen-bond donors (Lipinski definition) is 1. The number of ether oxygens (including phenoxy) is 1. The molecular weight excluding hydrogens is 189 g/mol. The van der Waals surface area contributed by atoms with Gasteiger partial charge in [-0.3, -0.25) is 9.53 Å². The molecule has 0 aromatic carbocycles. The van der Waals surface area contributed by atoms with Crippen LogP contribution in [0.25, 0.3) is 0 Å². The lowest BCUT2D eigenvalue weighted by Gasteiger charge is -2.34. The van der Waals surface area contributed by atoms with Crippen LogP contribution in [-0.2, 0) is 9.53 Å². The maximum atomic E-state index is 11.6. The van der Waals surface area contributed by atoms with Crippen LogP contribution in [0.4, 0.5) is 13.2 Å². The molecule has 0 atom stereocenters. The molecule has 0 spiro atoms. The van der Waals surface area contributed by atoms with Crippen LogP contribution in [0.3, 0.4) is 0 Å². The molecule has 1 aliphatic rings. The highest BCUT2D eigenvalue weighted by Gasteiger charge is 2.40. The summed E-state index contributed by atoms with van der Waals surface area (Å²) in [6.07, 6.45) is -5.14. The third-order valence-corrected chi connectivity index (χ3v) is 1.96. The predicted octanol–water partition coefficient (Wildman–Crippen LogP) is 1.78. The van der Waals surface area contributed by atoms with Gasteiger partial charge in [0.15, 0.2) is 0 Å². The summed E-state index contributed by atoms with van der Waals surface area (Å²) in [7, 11) is 0. The minimum Gasteiger partial charge on any atom is -0.481 e. The maximum absolute atomic E-state index is 11.6. The molecule has 0 saturated heterocycles. The third kappa shape index (κ3) is 3.63. The minimum atomic E-state index is -4.60. The van der Waals surface area contributed by atoms with Gasteiger partial charge in [0.25, 0.3) is 0 Å². The number of carbonyl (C=O) groups is 1. The number of halogens is 3. The molecule has 3 nitrogen and oxygen atoms in total. The van der Waals surface area contributed by atoms with Gasteiger partial charge < -0.3 is 5.11 Å².